The van der Waals surface area contributed by atoms with Crippen molar-refractivity contribution in [3.63, 3.8) is 0 Å². The fourth-order valence-electron chi connectivity index (χ4n) is 3.00. The Morgan fingerprint density at radius 3 is 2.25 bits per heavy atom. The Labute approximate surface area is 162 Å². The molecule has 2 rings (SSSR count). The molecule has 2 aliphatic rings. The standard InChI is InChI=1S/C18H24N2O8/c1-11(2)16(23)19-9-12-3-5-13(6-4-12)17(24)26-10-27-18(25)28-20-14(21)7-8-15(20)22/h12-13H,1,3-10H2,2H3,(H,19,23). The van der Waals surface area contributed by atoms with Crippen LogP contribution in [0.5, 0.6) is 0 Å². The molecule has 1 heterocycles. The van der Waals surface area contributed by atoms with Gasteiger partial charge < -0.3 is 14.8 Å². The smallest absolute Gasteiger partial charge is 0.427 e. The Bertz CT molecular complexity index is 650. The summed E-state index contributed by atoms with van der Waals surface area (Å²) >= 11 is 0. The van der Waals surface area contributed by atoms with Crippen molar-refractivity contribution in [2.45, 2.75) is 45.4 Å². The Kier molecular flexibility index (Phi) is 7.53. The van der Waals surface area contributed by atoms with Crippen LogP contribution in [0.3, 0.4) is 0 Å². The van der Waals surface area contributed by atoms with E-state index in [1.807, 2.05) is 0 Å². The van der Waals surface area contributed by atoms with Crippen LogP contribution in [0.4, 0.5) is 4.79 Å². The van der Waals surface area contributed by atoms with Gasteiger partial charge in [0.15, 0.2) is 0 Å². The molecule has 3 amide bonds. The van der Waals surface area contributed by atoms with Crippen molar-refractivity contribution in [3.8, 4) is 0 Å². The molecule has 1 aliphatic carbocycles. The number of amides is 3. The Hall–Kier alpha value is -2.91. The molecular formula is C18H24N2O8. The van der Waals surface area contributed by atoms with Gasteiger partial charge in [-0.05, 0) is 38.5 Å². The number of imide groups is 1. The molecule has 28 heavy (non-hydrogen) atoms. The average molecular weight is 396 g/mol. The van der Waals surface area contributed by atoms with Crippen LogP contribution in [0.15, 0.2) is 12.2 Å². The van der Waals surface area contributed by atoms with E-state index in [2.05, 4.69) is 21.5 Å². The summed E-state index contributed by atoms with van der Waals surface area (Å²) in [6.45, 7) is 5.09. The predicted octanol–water partition coefficient (Wildman–Crippen LogP) is 1.20. The van der Waals surface area contributed by atoms with E-state index in [-0.39, 0.29) is 30.6 Å². The highest BCUT2D eigenvalue weighted by Crippen LogP contribution is 2.29. The van der Waals surface area contributed by atoms with Gasteiger partial charge in [0.1, 0.15) is 0 Å². The van der Waals surface area contributed by atoms with Gasteiger partial charge in [0.05, 0.1) is 5.92 Å². The zero-order chi connectivity index (χ0) is 20.7. The van der Waals surface area contributed by atoms with Gasteiger partial charge in [-0.15, -0.1) is 0 Å². The monoisotopic (exact) mass is 396 g/mol. The maximum Gasteiger partial charge on any atom is 0.536 e. The van der Waals surface area contributed by atoms with Crippen LogP contribution >= 0.6 is 0 Å². The summed E-state index contributed by atoms with van der Waals surface area (Å²) in [5.41, 5.74) is 0.453. The summed E-state index contributed by atoms with van der Waals surface area (Å²) in [6, 6.07) is 0. The van der Waals surface area contributed by atoms with E-state index in [1.54, 1.807) is 6.92 Å². The van der Waals surface area contributed by atoms with Gasteiger partial charge in [-0.25, -0.2) is 4.79 Å². The zero-order valence-electron chi connectivity index (χ0n) is 15.7. The fourth-order valence-corrected chi connectivity index (χ4v) is 3.00. The summed E-state index contributed by atoms with van der Waals surface area (Å²) in [7, 11) is 0. The first-order valence-electron chi connectivity index (χ1n) is 9.08. The first-order valence-corrected chi connectivity index (χ1v) is 9.08. The predicted molar refractivity (Wildman–Crippen MR) is 92.9 cm³/mol. The van der Waals surface area contributed by atoms with Gasteiger partial charge in [0, 0.05) is 25.0 Å². The number of carbonyl (C=O) groups is 5. The number of ether oxygens (including phenoxy) is 2. The lowest BCUT2D eigenvalue weighted by molar-refractivity contribution is -0.183. The maximum atomic E-state index is 12.0. The molecule has 1 aliphatic heterocycles. The van der Waals surface area contributed by atoms with Gasteiger partial charge in [0.2, 0.25) is 12.7 Å². The topological polar surface area (TPSA) is 128 Å². The largest absolute Gasteiger partial charge is 0.536 e. The van der Waals surface area contributed by atoms with Gasteiger partial charge in [-0.1, -0.05) is 11.6 Å². The molecule has 0 bridgehead atoms. The van der Waals surface area contributed by atoms with Crippen LogP contribution in [0.2, 0.25) is 0 Å². The molecule has 0 aromatic rings. The number of nitrogens with one attached hydrogen (secondary N) is 1. The molecule has 0 radical (unpaired) electrons. The van der Waals surface area contributed by atoms with Gasteiger partial charge in [-0.3, -0.25) is 24.0 Å². The fraction of sp³-hybridized carbons (Fsp3) is 0.611. The van der Waals surface area contributed by atoms with Crippen molar-refractivity contribution in [1.29, 1.82) is 0 Å². The van der Waals surface area contributed by atoms with E-state index in [4.69, 9.17) is 4.74 Å². The van der Waals surface area contributed by atoms with Crippen LogP contribution in [0.1, 0.15) is 45.4 Å². The summed E-state index contributed by atoms with van der Waals surface area (Å²) in [6.07, 6.45) is 1.38. The van der Waals surface area contributed by atoms with E-state index < -0.39 is 30.7 Å². The lowest BCUT2D eigenvalue weighted by atomic mass is 9.82. The minimum Gasteiger partial charge on any atom is -0.427 e. The molecule has 154 valence electrons. The number of esters is 1. The number of carbonyl (C=O) groups excluding carboxylic acids is 5. The SMILES string of the molecule is C=C(C)C(=O)NCC1CCC(C(=O)OCOC(=O)ON2C(=O)CCC2=O)CC1. The second-order valence-electron chi connectivity index (χ2n) is 6.86. The second-order valence-corrected chi connectivity index (χ2v) is 6.86. The number of hydrogen-bond acceptors (Lipinski definition) is 8. The van der Waals surface area contributed by atoms with Crippen LogP contribution in [0, 0.1) is 11.8 Å². The number of rotatable bonds is 7. The van der Waals surface area contributed by atoms with E-state index in [0.29, 0.717) is 30.0 Å². The van der Waals surface area contributed by atoms with Crippen molar-refractivity contribution in [3.05, 3.63) is 12.2 Å². The molecule has 10 nitrogen and oxygen atoms in total. The van der Waals surface area contributed by atoms with Crippen molar-refractivity contribution >= 4 is 29.8 Å². The third-order valence-corrected chi connectivity index (χ3v) is 4.67. The average Bonchev–Trinajstić information content (AvgIpc) is 2.98. The van der Waals surface area contributed by atoms with Crippen LogP contribution in [-0.4, -0.2) is 48.2 Å². The first kappa shape index (κ1) is 21.4. The van der Waals surface area contributed by atoms with Crippen molar-refractivity contribution in [1.82, 2.24) is 10.4 Å². The minimum absolute atomic E-state index is 0.0271. The molecule has 0 aromatic carbocycles. The lowest BCUT2D eigenvalue weighted by Gasteiger charge is -2.27. The van der Waals surface area contributed by atoms with E-state index in [9.17, 15) is 24.0 Å². The number of hydroxylamine groups is 2. The highest BCUT2D eigenvalue weighted by atomic mass is 16.9. The summed E-state index contributed by atoms with van der Waals surface area (Å²) < 4.78 is 9.47. The van der Waals surface area contributed by atoms with Crippen LogP contribution in [0.25, 0.3) is 0 Å². The Balaban J connectivity index is 1.61. The molecule has 0 unspecified atom stereocenters. The molecule has 1 saturated heterocycles. The highest BCUT2D eigenvalue weighted by molar-refractivity contribution is 6.01. The molecular weight excluding hydrogens is 372 g/mol. The molecule has 2 fully saturated rings. The third kappa shape index (κ3) is 6.07. The summed E-state index contributed by atoms with van der Waals surface area (Å²) in [5, 5.41) is 3.15. The van der Waals surface area contributed by atoms with Crippen LogP contribution < -0.4 is 5.32 Å². The molecule has 10 heteroatoms. The van der Waals surface area contributed by atoms with Crippen molar-refractivity contribution in [2.24, 2.45) is 11.8 Å². The molecule has 0 aromatic heterocycles. The minimum atomic E-state index is -1.30. The summed E-state index contributed by atoms with van der Waals surface area (Å²) in [5.74, 6) is -1.96. The van der Waals surface area contributed by atoms with Crippen molar-refractivity contribution < 1.29 is 38.3 Å². The normalized spacial score (nSPS) is 21.8. The van der Waals surface area contributed by atoms with Crippen molar-refractivity contribution in [2.75, 3.05) is 13.3 Å². The third-order valence-electron chi connectivity index (χ3n) is 4.67. The lowest BCUT2D eigenvalue weighted by Crippen LogP contribution is -2.34. The molecule has 1 N–H and O–H groups in total. The molecule has 1 saturated carbocycles. The number of hydrogen-bond donors (Lipinski definition) is 1. The van der Waals surface area contributed by atoms with Gasteiger partial charge >= 0.3 is 12.1 Å². The molecule has 0 spiro atoms. The van der Waals surface area contributed by atoms with Crippen LogP contribution in [-0.2, 0) is 33.5 Å². The Morgan fingerprint density at radius 1 is 1.07 bits per heavy atom. The van der Waals surface area contributed by atoms with Gasteiger partial charge in [-0.2, -0.15) is 0 Å². The molecule has 0 atom stereocenters. The van der Waals surface area contributed by atoms with E-state index in [1.165, 1.54) is 0 Å². The maximum absolute atomic E-state index is 12.0. The summed E-state index contributed by atoms with van der Waals surface area (Å²) in [4.78, 5) is 62.1. The number of nitrogens with zero attached hydrogens (tertiary/aromatic N) is 1. The van der Waals surface area contributed by atoms with E-state index in [0.717, 1.165) is 12.8 Å². The van der Waals surface area contributed by atoms with E-state index >= 15 is 0 Å². The van der Waals surface area contributed by atoms with Gasteiger partial charge in [0.25, 0.3) is 11.8 Å². The first-order chi connectivity index (χ1) is 13.3. The quantitative estimate of drug-likeness (QED) is 0.294. The second kappa shape index (κ2) is 9.86. The zero-order valence-corrected chi connectivity index (χ0v) is 15.7. The highest BCUT2D eigenvalue weighted by Gasteiger charge is 2.33. The Morgan fingerprint density at radius 2 is 1.68 bits per heavy atom.